The Balaban J connectivity index is 0.000000681. The molecule has 1 saturated carbocycles. The van der Waals surface area contributed by atoms with E-state index in [1.165, 1.54) is 41.7 Å². The molecule has 2 aromatic heterocycles. The summed E-state index contributed by atoms with van der Waals surface area (Å²) in [7, 11) is 1.82. The van der Waals surface area contributed by atoms with Gasteiger partial charge in [0.15, 0.2) is 0 Å². The zero-order valence-electron chi connectivity index (χ0n) is 32.1. The highest BCUT2D eigenvalue weighted by molar-refractivity contribution is 5.85. The van der Waals surface area contributed by atoms with Crippen LogP contribution in [0, 0.1) is 25.6 Å². The third kappa shape index (κ3) is 14.3. The standard InChI is InChI=1S/C31H34FN3.C6H12N2O.C4H8.C2H6.CH4/c1-6-20(3)28-19-27(35-31(22(28)5)23-10-12-26(32)13-11-23)14-16-33-29(7-2)25-17-21(4)30-24(18-25)9-8-15-34-30;1-3-6(7-2)4-8-5-9;1-4-2-3-4;1-2;/h7-13,15,17-20,33H,6,14,16H2,1-5H3;3,5,7H,4H2,1-2H3,(H,8,9);4H,2-3H2,1H3;1-2H3;1H4/b29-7-;6-3+;;;. The summed E-state index contributed by atoms with van der Waals surface area (Å²) in [6, 6.07) is 17.4. The van der Waals surface area contributed by atoms with Gasteiger partial charge in [-0.3, -0.25) is 14.8 Å². The van der Waals surface area contributed by atoms with E-state index in [1.54, 1.807) is 0 Å². The van der Waals surface area contributed by atoms with Crippen LogP contribution in [0.5, 0.6) is 0 Å². The Kier molecular flexibility index (Phi) is 20.8. The van der Waals surface area contributed by atoms with Crippen molar-refractivity contribution in [2.45, 2.75) is 101 Å². The molecule has 1 fully saturated rings. The third-order valence-electron chi connectivity index (χ3n) is 8.73. The normalized spacial score (nSPS) is 12.8. The number of likely N-dealkylation sites (N-methyl/N-ethyl adjacent to an activating group) is 1. The lowest BCUT2D eigenvalue weighted by molar-refractivity contribution is -0.109. The molecule has 3 N–H and O–H groups in total. The highest BCUT2D eigenvalue weighted by Crippen LogP contribution is 2.31. The van der Waals surface area contributed by atoms with Crippen LogP contribution < -0.4 is 16.0 Å². The number of pyridine rings is 2. The van der Waals surface area contributed by atoms with Gasteiger partial charge < -0.3 is 16.0 Å². The van der Waals surface area contributed by atoms with Gasteiger partial charge in [0.25, 0.3) is 0 Å². The molecule has 0 aliphatic heterocycles. The molecule has 2 heterocycles. The predicted octanol–water partition coefficient (Wildman–Crippen LogP) is 10.7. The van der Waals surface area contributed by atoms with Crippen molar-refractivity contribution >= 4 is 23.0 Å². The fourth-order valence-corrected chi connectivity index (χ4v) is 5.31. The zero-order chi connectivity index (χ0) is 37.1. The van der Waals surface area contributed by atoms with Crippen LogP contribution in [0.1, 0.15) is 109 Å². The van der Waals surface area contributed by atoms with Gasteiger partial charge in [0.05, 0.1) is 17.8 Å². The topological polar surface area (TPSA) is 78.9 Å². The van der Waals surface area contributed by atoms with Gasteiger partial charge in [-0.05, 0) is 117 Å². The molecule has 0 spiro atoms. The number of carbonyl (C=O) groups excluding carboxylic acids is 1. The minimum absolute atomic E-state index is 0. The number of amides is 1. The van der Waals surface area contributed by atoms with E-state index in [2.05, 4.69) is 92.8 Å². The minimum atomic E-state index is -0.229. The Morgan fingerprint density at radius 1 is 1.04 bits per heavy atom. The number of benzene rings is 2. The molecule has 0 bridgehead atoms. The summed E-state index contributed by atoms with van der Waals surface area (Å²) in [6.07, 6.45) is 11.4. The Morgan fingerprint density at radius 3 is 2.25 bits per heavy atom. The molecule has 0 saturated heterocycles. The largest absolute Gasteiger partial charge is 0.390 e. The Morgan fingerprint density at radius 2 is 1.71 bits per heavy atom. The number of aryl methyl sites for hydroxylation is 1. The Labute approximate surface area is 308 Å². The van der Waals surface area contributed by atoms with E-state index in [9.17, 15) is 9.18 Å². The van der Waals surface area contributed by atoms with Crippen molar-refractivity contribution < 1.29 is 9.18 Å². The summed E-state index contributed by atoms with van der Waals surface area (Å²) in [5, 5.41) is 10.2. The second kappa shape index (κ2) is 23.8. The maximum atomic E-state index is 13.5. The molecule has 1 aliphatic rings. The summed E-state index contributed by atoms with van der Waals surface area (Å²) < 4.78 is 13.5. The number of aromatic nitrogens is 2. The molecule has 0 radical (unpaired) electrons. The van der Waals surface area contributed by atoms with E-state index in [-0.39, 0.29) is 13.2 Å². The molecule has 5 rings (SSSR count). The Bertz CT molecular complexity index is 1680. The van der Waals surface area contributed by atoms with Gasteiger partial charge in [-0.2, -0.15) is 0 Å². The average molecular weight is 698 g/mol. The second-order valence-electron chi connectivity index (χ2n) is 12.5. The number of carbonyl (C=O) groups is 1. The molecule has 7 heteroatoms. The first-order valence-corrected chi connectivity index (χ1v) is 18.2. The lowest BCUT2D eigenvalue weighted by atomic mass is 9.91. The first kappa shape index (κ1) is 44.5. The van der Waals surface area contributed by atoms with Crippen molar-refractivity contribution in [2.75, 3.05) is 20.1 Å². The number of fused-ring (bicyclic) bond motifs is 1. The van der Waals surface area contributed by atoms with Gasteiger partial charge in [0, 0.05) is 54.2 Å². The van der Waals surface area contributed by atoms with E-state index in [1.807, 2.05) is 58.3 Å². The van der Waals surface area contributed by atoms with Crippen molar-refractivity contribution in [3.05, 3.63) is 112 Å². The molecule has 6 nitrogen and oxygen atoms in total. The quantitative estimate of drug-likeness (QED) is 0.128. The molecular weight excluding hydrogens is 634 g/mol. The van der Waals surface area contributed by atoms with Gasteiger partial charge >= 0.3 is 0 Å². The van der Waals surface area contributed by atoms with Crippen molar-refractivity contribution in [3.8, 4) is 11.3 Å². The van der Waals surface area contributed by atoms with Crippen LogP contribution in [0.3, 0.4) is 0 Å². The third-order valence-corrected chi connectivity index (χ3v) is 8.73. The highest BCUT2D eigenvalue weighted by Gasteiger charge is 2.15. The van der Waals surface area contributed by atoms with Crippen LogP contribution in [-0.4, -0.2) is 36.5 Å². The fraction of sp³-hybridized carbons (Fsp3) is 0.432. The highest BCUT2D eigenvalue weighted by atomic mass is 19.1. The number of hydrogen-bond acceptors (Lipinski definition) is 5. The number of rotatable bonds is 12. The summed E-state index contributed by atoms with van der Waals surface area (Å²) in [4.78, 5) is 19.3. The number of nitrogens with one attached hydrogen (secondary N) is 3. The van der Waals surface area contributed by atoms with E-state index < -0.39 is 0 Å². The summed E-state index contributed by atoms with van der Waals surface area (Å²) in [5.74, 6) is 1.29. The minimum Gasteiger partial charge on any atom is -0.390 e. The average Bonchev–Trinajstić information content (AvgIpc) is 3.94. The van der Waals surface area contributed by atoms with E-state index >= 15 is 0 Å². The first-order chi connectivity index (χ1) is 24.1. The molecular formula is C44H64FN5O. The Hall–Kier alpha value is -4.52. The number of halogens is 1. The van der Waals surface area contributed by atoms with Gasteiger partial charge in [-0.25, -0.2) is 4.39 Å². The lowest BCUT2D eigenvalue weighted by Crippen LogP contribution is -2.21. The van der Waals surface area contributed by atoms with Crippen LogP contribution >= 0.6 is 0 Å². The lowest BCUT2D eigenvalue weighted by Gasteiger charge is -2.19. The molecule has 1 amide bonds. The van der Waals surface area contributed by atoms with Gasteiger partial charge in [0.1, 0.15) is 5.82 Å². The smallest absolute Gasteiger partial charge is 0.207 e. The maximum Gasteiger partial charge on any atom is 0.207 e. The summed E-state index contributed by atoms with van der Waals surface area (Å²) in [6.45, 7) is 20.3. The SMILES string of the molecule is C.C/C=C(\CNC=O)NC.C/C=C(\NCCc1cc(C(C)CC)c(C)c(-c2ccc(F)cc2)n1)c1cc(C)c2ncccc2c1.CC.CC1CC1. The van der Waals surface area contributed by atoms with Gasteiger partial charge in [-0.1, -0.05) is 73.1 Å². The maximum absolute atomic E-state index is 13.5. The van der Waals surface area contributed by atoms with Crippen molar-refractivity contribution in [3.63, 3.8) is 0 Å². The predicted molar refractivity (Wildman–Crippen MR) is 218 cm³/mol. The molecule has 4 aromatic rings. The second-order valence-corrected chi connectivity index (χ2v) is 12.5. The number of hydrogen-bond donors (Lipinski definition) is 3. The molecule has 1 aliphatic carbocycles. The molecule has 1 unspecified atom stereocenters. The monoisotopic (exact) mass is 698 g/mol. The van der Waals surface area contributed by atoms with E-state index in [0.717, 1.165) is 70.1 Å². The summed E-state index contributed by atoms with van der Waals surface area (Å²) >= 11 is 0. The van der Waals surface area contributed by atoms with E-state index in [0.29, 0.717) is 18.9 Å². The van der Waals surface area contributed by atoms with Crippen molar-refractivity contribution in [1.82, 2.24) is 25.9 Å². The number of allylic oxidation sites excluding steroid dienone is 2. The van der Waals surface area contributed by atoms with Crippen molar-refractivity contribution in [1.29, 1.82) is 0 Å². The fourth-order valence-electron chi connectivity index (χ4n) is 5.31. The van der Waals surface area contributed by atoms with Crippen molar-refractivity contribution in [2.24, 2.45) is 5.92 Å². The van der Waals surface area contributed by atoms with Crippen LogP contribution in [-0.2, 0) is 11.2 Å². The van der Waals surface area contributed by atoms with E-state index in [4.69, 9.17) is 4.98 Å². The van der Waals surface area contributed by atoms with Gasteiger partial charge in [0.2, 0.25) is 6.41 Å². The first-order valence-electron chi connectivity index (χ1n) is 18.2. The molecule has 2 aromatic carbocycles. The molecule has 278 valence electrons. The van der Waals surface area contributed by atoms with Crippen LogP contribution in [0.2, 0.25) is 0 Å². The molecule has 1 atom stereocenters. The zero-order valence-corrected chi connectivity index (χ0v) is 32.1. The van der Waals surface area contributed by atoms with Gasteiger partial charge in [-0.15, -0.1) is 0 Å². The summed E-state index contributed by atoms with van der Waals surface area (Å²) in [5.41, 5.74) is 10.9. The molecule has 51 heavy (non-hydrogen) atoms. The van der Waals surface area contributed by atoms with Crippen LogP contribution in [0.15, 0.2) is 78.6 Å². The van der Waals surface area contributed by atoms with Crippen LogP contribution in [0.4, 0.5) is 4.39 Å². The van der Waals surface area contributed by atoms with Crippen LogP contribution in [0.25, 0.3) is 27.9 Å². The number of nitrogens with zero attached hydrogens (tertiary/aromatic N) is 2.